The molecule has 1 saturated heterocycles. The summed E-state index contributed by atoms with van der Waals surface area (Å²) in [5.41, 5.74) is 5.45. The molecule has 3 N–H and O–H groups in total. The van der Waals surface area contributed by atoms with Gasteiger partial charge in [-0.25, -0.2) is 0 Å². The second kappa shape index (κ2) is 4.46. The number of oxime groups is 1. The number of hydrogen-bond donors (Lipinski definition) is 2. The summed E-state index contributed by atoms with van der Waals surface area (Å²) in [6.45, 7) is 7.19. The average Bonchev–Trinajstić information content (AvgIpc) is 2.02. The third-order valence-corrected chi connectivity index (χ3v) is 2.46. The Morgan fingerprint density at radius 2 is 2.00 bits per heavy atom. The van der Waals surface area contributed by atoms with E-state index in [4.69, 9.17) is 10.9 Å². The predicted molar refractivity (Wildman–Crippen MR) is 52.8 cm³/mol. The van der Waals surface area contributed by atoms with Gasteiger partial charge in [-0.2, -0.15) is 0 Å². The summed E-state index contributed by atoms with van der Waals surface area (Å²) < 4.78 is 0. The zero-order valence-corrected chi connectivity index (χ0v) is 8.40. The molecular weight excluding hydrogens is 166 g/mol. The summed E-state index contributed by atoms with van der Waals surface area (Å²) in [6, 6.07) is 0. The Morgan fingerprint density at radius 3 is 2.46 bits per heavy atom. The lowest BCUT2D eigenvalue weighted by Crippen LogP contribution is -2.43. The molecule has 0 bridgehead atoms. The maximum atomic E-state index is 8.43. The van der Waals surface area contributed by atoms with Crippen LogP contribution in [0.3, 0.4) is 0 Å². The number of nitrogens with zero attached hydrogens (tertiary/aromatic N) is 2. The molecule has 1 aliphatic heterocycles. The maximum absolute atomic E-state index is 8.43. The van der Waals surface area contributed by atoms with Crippen molar-refractivity contribution in [3.05, 3.63) is 0 Å². The second-order valence-electron chi connectivity index (χ2n) is 4.23. The first-order valence-corrected chi connectivity index (χ1v) is 4.80. The number of nitrogens with two attached hydrogens (primary N) is 1. The lowest BCUT2D eigenvalue weighted by Gasteiger charge is -2.34. The van der Waals surface area contributed by atoms with Gasteiger partial charge in [-0.15, -0.1) is 0 Å². The van der Waals surface area contributed by atoms with E-state index < -0.39 is 0 Å². The van der Waals surface area contributed by atoms with E-state index in [2.05, 4.69) is 23.9 Å². The van der Waals surface area contributed by atoms with Crippen molar-refractivity contribution in [2.24, 2.45) is 22.7 Å². The Bertz CT molecular complexity index is 183. The van der Waals surface area contributed by atoms with Crippen molar-refractivity contribution >= 4 is 5.84 Å². The number of rotatable bonds is 2. The van der Waals surface area contributed by atoms with Crippen molar-refractivity contribution in [3.63, 3.8) is 0 Å². The van der Waals surface area contributed by atoms with Crippen molar-refractivity contribution in [2.75, 3.05) is 19.6 Å². The van der Waals surface area contributed by atoms with Crippen molar-refractivity contribution in [3.8, 4) is 0 Å². The van der Waals surface area contributed by atoms with Crippen LogP contribution in [0.15, 0.2) is 5.16 Å². The molecule has 2 atom stereocenters. The Labute approximate surface area is 79.4 Å². The zero-order chi connectivity index (χ0) is 9.84. The van der Waals surface area contributed by atoms with Gasteiger partial charge in [-0.1, -0.05) is 19.0 Å². The molecule has 0 aromatic carbocycles. The van der Waals surface area contributed by atoms with Gasteiger partial charge in [-0.3, -0.25) is 4.90 Å². The van der Waals surface area contributed by atoms with Gasteiger partial charge in [0, 0.05) is 13.1 Å². The summed E-state index contributed by atoms with van der Waals surface area (Å²) in [5, 5.41) is 11.4. The smallest absolute Gasteiger partial charge is 0.153 e. The van der Waals surface area contributed by atoms with E-state index in [0.717, 1.165) is 24.9 Å². The van der Waals surface area contributed by atoms with Gasteiger partial charge in [0.25, 0.3) is 0 Å². The van der Waals surface area contributed by atoms with Crippen LogP contribution in [0.2, 0.25) is 0 Å². The summed E-state index contributed by atoms with van der Waals surface area (Å²) in [6.07, 6.45) is 1.28. The van der Waals surface area contributed by atoms with E-state index in [1.807, 2.05) is 0 Å². The number of likely N-dealkylation sites (tertiary alicyclic amines) is 1. The van der Waals surface area contributed by atoms with Crippen molar-refractivity contribution in [1.29, 1.82) is 0 Å². The summed E-state index contributed by atoms with van der Waals surface area (Å²) in [5.74, 6) is 1.74. The fourth-order valence-electron chi connectivity index (χ4n) is 2.18. The Kier molecular flexibility index (Phi) is 3.54. The molecule has 0 aromatic rings. The van der Waals surface area contributed by atoms with Crippen molar-refractivity contribution < 1.29 is 5.21 Å². The molecule has 0 amide bonds. The molecule has 0 aromatic heterocycles. The molecule has 1 heterocycles. The fourth-order valence-corrected chi connectivity index (χ4v) is 2.18. The fraction of sp³-hybridized carbons (Fsp3) is 0.889. The number of hydrogen-bond acceptors (Lipinski definition) is 3. The predicted octanol–water partition coefficient (Wildman–Crippen LogP) is 0.711. The molecule has 0 radical (unpaired) electrons. The normalized spacial score (nSPS) is 32.0. The van der Waals surface area contributed by atoms with Gasteiger partial charge in [-0.05, 0) is 18.3 Å². The van der Waals surface area contributed by atoms with Crippen LogP contribution in [-0.4, -0.2) is 35.6 Å². The van der Waals surface area contributed by atoms with Crippen LogP contribution in [0.4, 0.5) is 0 Å². The van der Waals surface area contributed by atoms with Crippen LogP contribution in [0, 0.1) is 11.8 Å². The first kappa shape index (κ1) is 10.3. The molecule has 1 fully saturated rings. The SMILES string of the molecule is C[C@H]1C[C@H](C)CN(C/C(N)=N\O)C1. The highest BCUT2D eigenvalue weighted by Gasteiger charge is 2.21. The minimum atomic E-state index is 0.307. The average molecular weight is 185 g/mol. The van der Waals surface area contributed by atoms with Gasteiger partial charge in [0.05, 0.1) is 6.54 Å². The maximum Gasteiger partial charge on any atom is 0.153 e. The lowest BCUT2D eigenvalue weighted by atomic mass is 9.92. The molecule has 0 saturated carbocycles. The third-order valence-electron chi connectivity index (χ3n) is 2.46. The van der Waals surface area contributed by atoms with Gasteiger partial charge >= 0.3 is 0 Å². The molecule has 13 heavy (non-hydrogen) atoms. The van der Waals surface area contributed by atoms with Gasteiger partial charge < -0.3 is 10.9 Å². The zero-order valence-electron chi connectivity index (χ0n) is 8.40. The Morgan fingerprint density at radius 1 is 1.46 bits per heavy atom. The van der Waals surface area contributed by atoms with E-state index in [1.54, 1.807) is 0 Å². The van der Waals surface area contributed by atoms with E-state index in [0.29, 0.717) is 12.4 Å². The van der Waals surface area contributed by atoms with Crippen LogP contribution < -0.4 is 5.73 Å². The monoisotopic (exact) mass is 185 g/mol. The molecule has 4 heteroatoms. The van der Waals surface area contributed by atoms with Crippen LogP contribution in [0.25, 0.3) is 0 Å². The third kappa shape index (κ3) is 3.22. The molecule has 76 valence electrons. The highest BCUT2D eigenvalue weighted by molar-refractivity contribution is 5.81. The topological polar surface area (TPSA) is 61.8 Å². The first-order valence-electron chi connectivity index (χ1n) is 4.80. The Balaban J connectivity index is 2.41. The minimum absolute atomic E-state index is 0.307. The first-order chi connectivity index (χ1) is 6.11. The number of piperidine rings is 1. The molecule has 0 aliphatic carbocycles. The minimum Gasteiger partial charge on any atom is -0.409 e. The summed E-state index contributed by atoms with van der Waals surface area (Å²) >= 11 is 0. The van der Waals surface area contributed by atoms with Crippen LogP contribution >= 0.6 is 0 Å². The van der Waals surface area contributed by atoms with E-state index in [-0.39, 0.29) is 0 Å². The van der Waals surface area contributed by atoms with Gasteiger partial charge in [0.15, 0.2) is 5.84 Å². The van der Waals surface area contributed by atoms with Crippen molar-refractivity contribution in [2.45, 2.75) is 20.3 Å². The van der Waals surface area contributed by atoms with Gasteiger partial charge in [0.2, 0.25) is 0 Å². The number of amidine groups is 1. The van der Waals surface area contributed by atoms with E-state index in [9.17, 15) is 0 Å². The Hall–Kier alpha value is -0.770. The molecule has 1 aliphatic rings. The van der Waals surface area contributed by atoms with Crippen LogP contribution in [0.1, 0.15) is 20.3 Å². The quantitative estimate of drug-likeness (QED) is 0.288. The van der Waals surface area contributed by atoms with Crippen molar-refractivity contribution in [1.82, 2.24) is 4.90 Å². The van der Waals surface area contributed by atoms with Crippen LogP contribution in [0.5, 0.6) is 0 Å². The molecular formula is C9H19N3O. The highest BCUT2D eigenvalue weighted by atomic mass is 16.4. The second-order valence-corrected chi connectivity index (χ2v) is 4.23. The highest BCUT2D eigenvalue weighted by Crippen LogP contribution is 2.20. The molecule has 4 nitrogen and oxygen atoms in total. The summed E-state index contributed by atoms with van der Waals surface area (Å²) in [7, 11) is 0. The van der Waals surface area contributed by atoms with Gasteiger partial charge in [0.1, 0.15) is 0 Å². The van der Waals surface area contributed by atoms with E-state index >= 15 is 0 Å². The van der Waals surface area contributed by atoms with E-state index in [1.165, 1.54) is 6.42 Å². The lowest BCUT2D eigenvalue weighted by molar-refractivity contribution is 0.157. The summed E-state index contributed by atoms with van der Waals surface area (Å²) in [4.78, 5) is 2.24. The molecule has 0 spiro atoms. The standard InChI is InChI=1S/C9H19N3O/c1-7-3-8(2)5-12(4-7)6-9(10)11-13/h7-8,13H,3-6H2,1-2H3,(H2,10,11)/t7-,8-/m0/s1. The largest absolute Gasteiger partial charge is 0.409 e. The molecule has 1 rings (SSSR count). The molecule has 0 unspecified atom stereocenters. The van der Waals surface area contributed by atoms with Crippen LogP contribution in [-0.2, 0) is 0 Å².